The molecule has 0 aromatic heterocycles. The number of ether oxygens (including phenoxy) is 1. The van der Waals surface area contributed by atoms with E-state index in [1.807, 2.05) is 49.3 Å². The van der Waals surface area contributed by atoms with Crippen molar-refractivity contribution >= 4 is 23.2 Å². The third kappa shape index (κ3) is 3.23. The first-order valence-corrected chi connectivity index (χ1v) is 7.64. The van der Waals surface area contributed by atoms with Gasteiger partial charge in [-0.25, -0.2) is 0 Å². The van der Waals surface area contributed by atoms with Crippen LogP contribution in [-0.2, 0) is 9.59 Å². The Hall–Kier alpha value is -2.86. The number of nitrogens with one attached hydrogen (secondary N) is 2. The first kappa shape index (κ1) is 16.0. The molecular formula is C18H19N3O3. The van der Waals surface area contributed by atoms with Gasteiger partial charge >= 0.3 is 0 Å². The van der Waals surface area contributed by atoms with Gasteiger partial charge in [0.2, 0.25) is 5.91 Å². The van der Waals surface area contributed by atoms with Crippen molar-refractivity contribution in [3.05, 3.63) is 54.1 Å². The Kier molecular flexibility index (Phi) is 4.48. The number of rotatable bonds is 4. The van der Waals surface area contributed by atoms with Crippen LogP contribution in [0.1, 0.15) is 11.6 Å². The summed E-state index contributed by atoms with van der Waals surface area (Å²) in [4.78, 5) is 26.1. The molecule has 2 N–H and O–H groups in total. The van der Waals surface area contributed by atoms with Crippen LogP contribution in [0.4, 0.5) is 11.4 Å². The average Bonchev–Trinajstić information content (AvgIpc) is 2.55. The number of anilines is 2. The van der Waals surface area contributed by atoms with E-state index in [1.165, 1.54) is 0 Å². The van der Waals surface area contributed by atoms with E-state index in [0.717, 1.165) is 5.56 Å². The fraction of sp³-hybridized carbons (Fsp3) is 0.222. The van der Waals surface area contributed by atoms with Gasteiger partial charge in [-0.3, -0.25) is 14.5 Å². The van der Waals surface area contributed by atoms with Crippen molar-refractivity contribution in [2.24, 2.45) is 0 Å². The van der Waals surface area contributed by atoms with Gasteiger partial charge in [-0.15, -0.1) is 0 Å². The normalized spacial score (nSPS) is 14.4. The van der Waals surface area contributed by atoms with Gasteiger partial charge in [0, 0.05) is 0 Å². The zero-order chi connectivity index (χ0) is 17.1. The zero-order valence-electron chi connectivity index (χ0n) is 13.6. The molecule has 1 atom stereocenters. The largest absolute Gasteiger partial charge is 0.479 e. The van der Waals surface area contributed by atoms with Crippen LogP contribution in [0.25, 0.3) is 0 Å². The molecule has 1 aliphatic heterocycles. The van der Waals surface area contributed by atoms with E-state index in [2.05, 4.69) is 10.6 Å². The molecule has 2 aromatic rings. The average molecular weight is 325 g/mol. The quantitative estimate of drug-likeness (QED) is 0.904. The van der Waals surface area contributed by atoms with Crippen LogP contribution in [0.15, 0.2) is 48.5 Å². The van der Waals surface area contributed by atoms with Gasteiger partial charge < -0.3 is 15.4 Å². The Morgan fingerprint density at radius 1 is 1.17 bits per heavy atom. The molecule has 124 valence electrons. The summed E-state index contributed by atoms with van der Waals surface area (Å²) < 4.78 is 5.47. The van der Waals surface area contributed by atoms with E-state index >= 15 is 0 Å². The van der Waals surface area contributed by atoms with E-state index < -0.39 is 6.04 Å². The van der Waals surface area contributed by atoms with Crippen LogP contribution < -0.4 is 15.4 Å². The minimum absolute atomic E-state index is 0.0598. The van der Waals surface area contributed by atoms with Gasteiger partial charge in [-0.2, -0.15) is 0 Å². The number of likely N-dealkylation sites (N-methyl/N-ethyl adjacent to an activating group) is 1. The van der Waals surface area contributed by atoms with Gasteiger partial charge in [-0.05, 0) is 31.8 Å². The smallest absolute Gasteiger partial charge is 0.262 e. The number of hydrogen-bond acceptors (Lipinski definition) is 4. The van der Waals surface area contributed by atoms with E-state index in [9.17, 15) is 9.59 Å². The first-order valence-electron chi connectivity index (χ1n) is 7.64. The second-order valence-corrected chi connectivity index (χ2v) is 5.79. The van der Waals surface area contributed by atoms with E-state index in [-0.39, 0.29) is 18.4 Å². The van der Waals surface area contributed by atoms with Crippen LogP contribution in [0.3, 0.4) is 0 Å². The molecule has 0 saturated carbocycles. The van der Waals surface area contributed by atoms with Crippen molar-refractivity contribution in [2.45, 2.75) is 6.04 Å². The van der Waals surface area contributed by atoms with Crippen LogP contribution in [0, 0.1) is 0 Å². The maximum atomic E-state index is 12.8. The molecule has 2 amide bonds. The third-order valence-electron chi connectivity index (χ3n) is 3.77. The van der Waals surface area contributed by atoms with Gasteiger partial charge in [0.1, 0.15) is 6.04 Å². The Morgan fingerprint density at radius 2 is 1.92 bits per heavy atom. The molecular weight excluding hydrogens is 306 g/mol. The maximum absolute atomic E-state index is 12.8. The lowest BCUT2D eigenvalue weighted by atomic mass is 10.1. The van der Waals surface area contributed by atoms with Gasteiger partial charge in [0.05, 0.1) is 11.4 Å². The Labute approximate surface area is 140 Å². The second-order valence-electron chi connectivity index (χ2n) is 5.79. The lowest BCUT2D eigenvalue weighted by Crippen LogP contribution is -2.33. The van der Waals surface area contributed by atoms with Crippen LogP contribution in [-0.4, -0.2) is 37.4 Å². The highest BCUT2D eigenvalue weighted by Gasteiger charge is 2.25. The van der Waals surface area contributed by atoms with Crippen LogP contribution >= 0.6 is 0 Å². The molecule has 1 aliphatic rings. The Balaban J connectivity index is 1.86. The van der Waals surface area contributed by atoms with Crippen molar-refractivity contribution in [3.8, 4) is 5.75 Å². The Bertz CT molecular complexity index is 759. The number of hydrogen-bond donors (Lipinski definition) is 2. The number of nitrogens with zero attached hydrogens (tertiary/aromatic N) is 1. The topological polar surface area (TPSA) is 70.7 Å². The molecule has 6 nitrogen and oxygen atoms in total. The van der Waals surface area contributed by atoms with Crippen molar-refractivity contribution in [3.63, 3.8) is 0 Å². The highest BCUT2D eigenvalue weighted by molar-refractivity contribution is 6.01. The van der Waals surface area contributed by atoms with Gasteiger partial charge in [0.25, 0.3) is 5.91 Å². The van der Waals surface area contributed by atoms with Crippen molar-refractivity contribution < 1.29 is 14.3 Å². The lowest BCUT2D eigenvalue weighted by Gasteiger charge is -2.25. The van der Waals surface area contributed by atoms with Crippen LogP contribution in [0.5, 0.6) is 5.75 Å². The lowest BCUT2D eigenvalue weighted by molar-refractivity contribution is -0.120. The number of amides is 2. The summed E-state index contributed by atoms with van der Waals surface area (Å²) in [6.07, 6.45) is 0. The molecule has 0 aliphatic carbocycles. The predicted octanol–water partition coefficient (Wildman–Crippen LogP) is 2.26. The molecule has 6 heteroatoms. The summed E-state index contributed by atoms with van der Waals surface area (Å²) in [6, 6.07) is 14.4. The molecule has 3 rings (SSSR count). The molecule has 0 fully saturated rings. The molecule has 2 aromatic carbocycles. The van der Waals surface area contributed by atoms with Gasteiger partial charge in [0.15, 0.2) is 12.4 Å². The fourth-order valence-corrected chi connectivity index (χ4v) is 2.73. The van der Waals surface area contributed by atoms with Crippen LogP contribution in [0.2, 0.25) is 0 Å². The molecule has 0 spiro atoms. The molecule has 1 heterocycles. The zero-order valence-corrected chi connectivity index (χ0v) is 13.6. The van der Waals surface area contributed by atoms with Crippen molar-refractivity contribution in [1.29, 1.82) is 0 Å². The van der Waals surface area contributed by atoms with Crippen molar-refractivity contribution in [1.82, 2.24) is 4.90 Å². The molecule has 0 bridgehead atoms. The standard InChI is InChI=1S/C18H19N3O3/c1-21(2)16(12-7-4-3-5-8-12)18(23)20-14-10-6-9-13-17(14)24-11-15(22)19-13/h3-10,16H,11H2,1-2H3,(H,19,22)(H,20,23). The summed E-state index contributed by atoms with van der Waals surface area (Å²) >= 11 is 0. The first-order chi connectivity index (χ1) is 11.6. The van der Waals surface area contributed by atoms with E-state index in [0.29, 0.717) is 17.1 Å². The number of carbonyl (C=O) groups is 2. The summed E-state index contributed by atoms with van der Waals surface area (Å²) in [6.45, 7) is -0.0598. The fourth-order valence-electron chi connectivity index (χ4n) is 2.73. The summed E-state index contributed by atoms with van der Waals surface area (Å²) in [5.41, 5.74) is 2.00. The van der Waals surface area contributed by atoms with Crippen molar-refractivity contribution in [2.75, 3.05) is 31.3 Å². The number of benzene rings is 2. The van der Waals surface area contributed by atoms with E-state index in [4.69, 9.17) is 4.74 Å². The molecule has 0 radical (unpaired) electrons. The summed E-state index contributed by atoms with van der Waals surface area (Å²) in [5.74, 6) is 0.109. The summed E-state index contributed by atoms with van der Waals surface area (Å²) in [5, 5.41) is 5.64. The number of para-hydroxylation sites is 1. The molecule has 0 saturated heterocycles. The molecule has 24 heavy (non-hydrogen) atoms. The number of fused-ring (bicyclic) bond motifs is 1. The Morgan fingerprint density at radius 3 is 2.62 bits per heavy atom. The SMILES string of the molecule is CN(C)C(C(=O)Nc1cccc2c1OCC(=O)N2)c1ccccc1. The van der Waals surface area contributed by atoms with E-state index in [1.54, 1.807) is 18.2 Å². The minimum Gasteiger partial charge on any atom is -0.479 e. The summed E-state index contributed by atoms with van der Waals surface area (Å²) in [7, 11) is 3.71. The highest BCUT2D eigenvalue weighted by atomic mass is 16.5. The van der Waals surface area contributed by atoms with Gasteiger partial charge in [-0.1, -0.05) is 36.4 Å². The minimum atomic E-state index is -0.430. The maximum Gasteiger partial charge on any atom is 0.262 e. The second kappa shape index (κ2) is 6.72. The third-order valence-corrected chi connectivity index (χ3v) is 3.77. The monoisotopic (exact) mass is 325 g/mol. The molecule has 1 unspecified atom stereocenters. The number of carbonyl (C=O) groups excluding carboxylic acids is 2. The highest BCUT2D eigenvalue weighted by Crippen LogP contribution is 2.36. The predicted molar refractivity (Wildman–Crippen MR) is 92.1 cm³/mol.